The molecule has 37 heavy (non-hydrogen) atoms. The standard InChI is InChI=1S/C24H28BrF3N2O7/c1-4-11-37-22(31)18-14(3)29-21(24(26,27)28)20(23(32)35-5-2)19(18)16-13-15(30(33)34)8-9-17(16)36-12-7-6-10-25/h8-9,13,19,29H,4-7,10-12H2,1-3H3. The molecule has 0 amide bonds. The monoisotopic (exact) mass is 592 g/mol. The number of allylic oxidation sites excluding steroid dienone is 2. The number of nitrogens with zero attached hydrogens (tertiary/aromatic N) is 1. The molecular formula is C24H28BrF3N2O7. The number of unbranched alkanes of at least 4 members (excludes halogenated alkanes) is 1. The van der Waals surface area contributed by atoms with Gasteiger partial charge in [0.1, 0.15) is 11.4 Å². The number of halogens is 4. The van der Waals surface area contributed by atoms with Gasteiger partial charge in [0.15, 0.2) is 0 Å². The Morgan fingerprint density at radius 1 is 1.11 bits per heavy atom. The molecule has 1 aromatic rings. The van der Waals surface area contributed by atoms with Crippen molar-refractivity contribution in [2.45, 2.75) is 52.1 Å². The van der Waals surface area contributed by atoms with Crippen LogP contribution in [0.1, 0.15) is 51.5 Å². The third-order valence-corrected chi connectivity index (χ3v) is 5.86. The van der Waals surface area contributed by atoms with Crippen molar-refractivity contribution < 1.29 is 41.9 Å². The molecular weight excluding hydrogens is 565 g/mol. The molecule has 0 radical (unpaired) electrons. The molecule has 1 aliphatic rings. The van der Waals surface area contributed by atoms with E-state index < -0.39 is 45.9 Å². The Kier molecular flexibility index (Phi) is 11.0. The third kappa shape index (κ3) is 7.46. The zero-order valence-electron chi connectivity index (χ0n) is 20.6. The Morgan fingerprint density at radius 3 is 2.35 bits per heavy atom. The van der Waals surface area contributed by atoms with Gasteiger partial charge in [0.25, 0.3) is 5.69 Å². The second kappa shape index (κ2) is 13.5. The molecule has 0 fully saturated rings. The van der Waals surface area contributed by atoms with Crippen molar-refractivity contribution in [2.75, 3.05) is 25.2 Å². The van der Waals surface area contributed by atoms with E-state index in [1.165, 1.54) is 19.9 Å². The number of hydrogen-bond donors (Lipinski definition) is 1. The number of hydrogen-bond acceptors (Lipinski definition) is 8. The second-order valence-corrected chi connectivity index (χ2v) is 8.76. The quantitative estimate of drug-likeness (QED) is 0.112. The molecule has 0 aromatic heterocycles. The number of carbonyl (C=O) groups excluding carboxylic acids is 2. The van der Waals surface area contributed by atoms with Crippen LogP contribution in [0.3, 0.4) is 0 Å². The number of alkyl halides is 4. The normalized spacial score (nSPS) is 15.8. The van der Waals surface area contributed by atoms with Gasteiger partial charge in [-0.2, -0.15) is 13.2 Å². The van der Waals surface area contributed by atoms with Gasteiger partial charge in [-0.05, 0) is 39.2 Å². The van der Waals surface area contributed by atoms with E-state index in [0.29, 0.717) is 18.2 Å². The summed E-state index contributed by atoms with van der Waals surface area (Å²) < 4.78 is 58.5. The molecule has 0 saturated carbocycles. The van der Waals surface area contributed by atoms with Gasteiger partial charge in [-0.25, -0.2) is 9.59 Å². The van der Waals surface area contributed by atoms with Crippen LogP contribution in [0.5, 0.6) is 5.75 Å². The van der Waals surface area contributed by atoms with Crippen LogP contribution >= 0.6 is 15.9 Å². The first-order chi connectivity index (χ1) is 17.5. The van der Waals surface area contributed by atoms with E-state index in [4.69, 9.17) is 14.2 Å². The molecule has 1 atom stereocenters. The van der Waals surface area contributed by atoms with Gasteiger partial charge in [-0.15, -0.1) is 0 Å². The highest BCUT2D eigenvalue weighted by Crippen LogP contribution is 2.46. The van der Waals surface area contributed by atoms with Crippen molar-refractivity contribution in [3.63, 3.8) is 0 Å². The minimum absolute atomic E-state index is 0.0102. The van der Waals surface area contributed by atoms with Gasteiger partial charge >= 0.3 is 18.1 Å². The number of esters is 2. The van der Waals surface area contributed by atoms with Gasteiger partial charge in [-0.1, -0.05) is 22.9 Å². The fourth-order valence-electron chi connectivity index (χ4n) is 3.72. The molecule has 204 valence electrons. The zero-order valence-corrected chi connectivity index (χ0v) is 22.2. The maximum Gasteiger partial charge on any atom is 0.431 e. The van der Waals surface area contributed by atoms with Crippen LogP contribution in [0.25, 0.3) is 0 Å². The summed E-state index contributed by atoms with van der Waals surface area (Å²) in [6.07, 6.45) is -3.31. The van der Waals surface area contributed by atoms with Gasteiger partial charge < -0.3 is 19.5 Å². The van der Waals surface area contributed by atoms with E-state index in [0.717, 1.165) is 18.6 Å². The Bertz CT molecular complexity index is 1090. The largest absolute Gasteiger partial charge is 0.493 e. The first kappa shape index (κ1) is 30.1. The molecule has 0 saturated heterocycles. The van der Waals surface area contributed by atoms with E-state index in [-0.39, 0.29) is 42.4 Å². The number of dihydropyridines is 1. The molecule has 1 unspecified atom stereocenters. The average molecular weight is 593 g/mol. The highest BCUT2D eigenvalue weighted by Gasteiger charge is 2.48. The minimum Gasteiger partial charge on any atom is -0.493 e. The van der Waals surface area contributed by atoms with E-state index in [9.17, 15) is 32.9 Å². The van der Waals surface area contributed by atoms with E-state index in [1.807, 2.05) is 0 Å². The Morgan fingerprint density at radius 2 is 1.78 bits per heavy atom. The molecule has 1 aliphatic heterocycles. The molecule has 9 nitrogen and oxygen atoms in total. The number of non-ortho nitro benzene ring substituents is 1. The fourth-order valence-corrected chi connectivity index (χ4v) is 4.12. The summed E-state index contributed by atoms with van der Waals surface area (Å²) in [4.78, 5) is 36.9. The summed E-state index contributed by atoms with van der Waals surface area (Å²) in [7, 11) is 0. The van der Waals surface area contributed by atoms with Gasteiger partial charge in [0.2, 0.25) is 0 Å². The summed E-state index contributed by atoms with van der Waals surface area (Å²) in [6, 6.07) is 3.38. The van der Waals surface area contributed by atoms with E-state index in [1.54, 1.807) is 6.92 Å². The lowest BCUT2D eigenvalue weighted by Gasteiger charge is -2.32. The van der Waals surface area contributed by atoms with Crippen molar-refractivity contribution in [1.29, 1.82) is 0 Å². The van der Waals surface area contributed by atoms with Gasteiger partial charge in [-0.3, -0.25) is 10.1 Å². The zero-order chi connectivity index (χ0) is 27.8. The Labute approximate surface area is 220 Å². The first-order valence-electron chi connectivity index (χ1n) is 11.6. The van der Waals surface area contributed by atoms with Crippen molar-refractivity contribution >= 4 is 33.6 Å². The number of ether oxygens (including phenoxy) is 3. The first-order valence-corrected chi connectivity index (χ1v) is 12.7. The number of nitrogens with one attached hydrogen (secondary N) is 1. The van der Waals surface area contributed by atoms with Crippen LogP contribution in [-0.4, -0.2) is 48.2 Å². The molecule has 2 rings (SSSR count). The second-order valence-electron chi connectivity index (χ2n) is 7.96. The van der Waals surface area contributed by atoms with Crippen LogP contribution < -0.4 is 10.1 Å². The number of carbonyl (C=O) groups is 2. The molecule has 0 aliphatic carbocycles. The van der Waals surface area contributed by atoms with E-state index >= 15 is 0 Å². The highest BCUT2D eigenvalue weighted by atomic mass is 79.9. The van der Waals surface area contributed by atoms with Crippen LogP contribution in [0.4, 0.5) is 18.9 Å². The maximum atomic E-state index is 14.2. The SMILES string of the molecule is CCCOC(=O)C1=C(C)NC(C(F)(F)F)=C(C(=O)OCC)C1c1cc([N+](=O)[O-])ccc1OCCCCBr. The smallest absolute Gasteiger partial charge is 0.431 e. The molecule has 1 heterocycles. The predicted octanol–water partition coefficient (Wildman–Crippen LogP) is 5.44. The Balaban J connectivity index is 2.88. The Hall–Kier alpha value is -3.09. The van der Waals surface area contributed by atoms with Crippen LogP contribution in [0, 0.1) is 10.1 Å². The summed E-state index contributed by atoms with van der Waals surface area (Å²) in [6.45, 7) is 4.25. The third-order valence-electron chi connectivity index (χ3n) is 5.30. The van der Waals surface area contributed by atoms with Crippen LogP contribution in [0.15, 0.2) is 40.7 Å². The molecule has 1 N–H and O–H groups in total. The summed E-state index contributed by atoms with van der Waals surface area (Å²) in [5.74, 6) is -4.04. The average Bonchev–Trinajstić information content (AvgIpc) is 2.84. The molecule has 13 heteroatoms. The van der Waals surface area contributed by atoms with Crippen molar-refractivity contribution in [1.82, 2.24) is 5.32 Å². The molecule has 0 spiro atoms. The lowest BCUT2D eigenvalue weighted by atomic mass is 9.79. The lowest BCUT2D eigenvalue weighted by Crippen LogP contribution is -2.38. The topological polar surface area (TPSA) is 117 Å². The summed E-state index contributed by atoms with van der Waals surface area (Å²) >= 11 is 3.29. The number of benzene rings is 1. The molecule has 1 aromatic carbocycles. The maximum absolute atomic E-state index is 14.2. The highest BCUT2D eigenvalue weighted by molar-refractivity contribution is 9.09. The van der Waals surface area contributed by atoms with E-state index in [2.05, 4.69) is 21.2 Å². The number of nitro benzene ring substituents is 1. The van der Waals surface area contributed by atoms with Gasteiger partial charge in [0.05, 0.1) is 41.8 Å². The van der Waals surface area contributed by atoms with Crippen molar-refractivity contribution in [2.24, 2.45) is 0 Å². The molecule has 0 bridgehead atoms. The van der Waals surface area contributed by atoms with Crippen molar-refractivity contribution in [3.8, 4) is 5.75 Å². The predicted molar refractivity (Wildman–Crippen MR) is 131 cm³/mol. The summed E-state index contributed by atoms with van der Waals surface area (Å²) in [5, 5.41) is 14.4. The van der Waals surface area contributed by atoms with Crippen molar-refractivity contribution in [3.05, 3.63) is 56.4 Å². The minimum atomic E-state index is -5.04. The van der Waals surface area contributed by atoms with Crippen LogP contribution in [0.2, 0.25) is 0 Å². The number of nitro groups is 1. The summed E-state index contributed by atoms with van der Waals surface area (Å²) in [5.41, 5.74) is -3.51. The van der Waals surface area contributed by atoms with Gasteiger partial charge in [0, 0.05) is 28.7 Å². The lowest BCUT2D eigenvalue weighted by molar-refractivity contribution is -0.384. The van der Waals surface area contributed by atoms with Crippen LogP contribution in [-0.2, 0) is 19.1 Å². The number of rotatable bonds is 12. The fraction of sp³-hybridized carbons (Fsp3) is 0.500.